The van der Waals surface area contributed by atoms with Crippen LogP contribution in [0.15, 0.2) is 46.3 Å². The molecule has 0 saturated carbocycles. The van der Waals surface area contributed by atoms with Gasteiger partial charge in [0.2, 0.25) is 0 Å². The number of thiophene rings is 1. The van der Waals surface area contributed by atoms with Crippen molar-refractivity contribution in [2.45, 2.75) is 20.3 Å². The van der Waals surface area contributed by atoms with Crippen molar-refractivity contribution in [1.29, 1.82) is 0 Å². The molecule has 0 bridgehead atoms. The molecule has 2 heterocycles. The quantitative estimate of drug-likeness (QED) is 0.770. The van der Waals surface area contributed by atoms with Crippen LogP contribution < -0.4 is 5.32 Å². The second-order valence-corrected chi connectivity index (χ2v) is 5.84. The third kappa shape index (κ3) is 2.67. The van der Waals surface area contributed by atoms with Gasteiger partial charge in [0.25, 0.3) is 5.91 Å². The van der Waals surface area contributed by atoms with Gasteiger partial charge in [-0.15, -0.1) is 11.3 Å². The summed E-state index contributed by atoms with van der Waals surface area (Å²) in [7, 11) is 0. The highest BCUT2D eigenvalue weighted by molar-refractivity contribution is 7.13. The largest absolute Gasteiger partial charge is 0.361 e. The summed E-state index contributed by atoms with van der Waals surface area (Å²) in [6.45, 7) is 3.71. The predicted molar refractivity (Wildman–Crippen MR) is 88.3 cm³/mol. The van der Waals surface area contributed by atoms with Gasteiger partial charge in [-0.05, 0) is 30.9 Å². The van der Waals surface area contributed by atoms with Gasteiger partial charge in [-0.1, -0.05) is 36.3 Å². The molecule has 0 fully saturated rings. The molecular weight excluding hydrogens is 296 g/mol. The molecule has 4 nitrogen and oxygen atoms in total. The number of nitrogens with zero attached hydrogens (tertiary/aromatic N) is 1. The van der Waals surface area contributed by atoms with E-state index in [4.69, 9.17) is 4.52 Å². The van der Waals surface area contributed by atoms with Crippen LogP contribution in [-0.4, -0.2) is 11.1 Å². The minimum absolute atomic E-state index is 0.181. The van der Waals surface area contributed by atoms with E-state index in [0.717, 1.165) is 16.1 Å². The highest BCUT2D eigenvalue weighted by Crippen LogP contribution is 2.31. The summed E-state index contributed by atoms with van der Waals surface area (Å²) in [6.07, 6.45) is 0.659. The lowest BCUT2D eigenvalue weighted by Gasteiger charge is -2.10. The highest BCUT2D eigenvalue weighted by atomic mass is 32.1. The Bertz CT molecular complexity index is 791. The molecule has 0 spiro atoms. The van der Waals surface area contributed by atoms with E-state index in [9.17, 15) is 4.79 Å². The fourth-order valence-corrected chi connectivity index (χ4v) is 3.14. The summed E-state index contributed by atoms with van der Waals surface area (Å²) in [5.41, 5.74) is 3.02. The van der Waals surface area contributed by atoms with E-state index in [1.807, 2.05) is 48.7 Å². The number of benzene rings is 1. The maximum absolute atomic E-state index is 12.6. The van der Waals surface area contributed by atoms with Gasteiger partial charge in [0.15, 0.2) is 0 Å². The first kappa shape index (κ1) is 14.5. The van der Waals surface area contributed by atoms with Crippen molar-refractivity contribution < 1.29 is 9.32 Å². The SMILES string of the molecule is CCc1noc(C)c1C(=O)Nc1ccccc1-c1cccs1. The molecule has 0 radical (unpaired) electrons. The number of hydrogen-bond acceptors (Lipinski definition) is 4. The molecule has 22 heavy (non-hydrogen) atoms. The van der Waals surface area contributed by atoms with Gasteiger partial charge in [0.1, 0.15) is 11.3 Å². The summed E-state index contributed by atoms with van der Waals surface area (Å²) >= 11 is 1.64. The van der Waals surface area contributed by atoms with Gasteiger partial charge >= 0.3 is 0 Å². The van der Waals surface area contributed by atoms with Crippen molar-refractivity contribution >= 4 is 22.9 Å². The molecule has 1 N–H and O–H groups in total. The minimum atomic E-state index is -0.181. The molecule has 0 saturated heterocycles. The first-order valence-corrected chi connectivity index (χ1v) is 7.98. The number of para-hydroxylation sites is 1. The summed E-state index contributed by atoms with van der Waals surface area (Å²) in [5, 5.41) is 8.94. The van der Waals surface area contributed by atoms with Crippen molar-refractivity contribution in [3.63, 3.8) is 0 Å². The molecule has 112 valence electrons. The standard InChI is InChI=1S/C17H16N2O2S/c1-3-13-16(11(2)21-19-13)17(20)18-14-8-5-4-7-12(14)15-9-6-10-22-15/h4-10H,3H2,1-2H3,(H,18,20). The van der Waals surface area contributed by atoms with E-state index >= 15 is 0 Å². The van der Waals surface area contributed by atoms with Gasteiger partial charge in [-0.3, -0.25) is 4.79 Å². The molecule has 5 heteroatoms. The number of anilines is 1. The smallest absolute Gasteiger partial charge is 0.261 e. The maximum Gasteiger partial charge on any atom is 0.261 e. The summed E-state index contributed by atoms with van der Waals surface area (Å²) in [4.78, 5) is 13.7. The monoisotopic (exact) mass is 312 g/mol. The van der Waals surface area contributed by atoms with Crippen LogP contribution in [0.25, 0.3) is 10.4 Å². The molecule has 0 aliphatic rings. The van der Waals surface area contributed by atoms with Gasteiger partial charge in [-0.25, -0.2) is 0 Å². The first-order chi connectivity index (χ1) is 10.7. The third-order valence-electron chi connectivity index (χ3n) is 3.46. The van der Waals surface area contributed by atoms with E-state index in [1.54, 1.807) is 18.3 Å². The lowest BCUT2D eigenvalue weighted by atomic mass is 10.1. The summed E-state index contributed by atoms with van der Waals surface area (Å²) in [5.74, 6) is 0.363. The minimum Gasteiger partial charge on any atom is -0.361 e. The topological polar surface area (TPSA) is 55.1 Å². The number of carbonyl (C=O) groups is 1. The van der Waals surface area contributed by atoms with Crippen LogP contribution in [0.1, 0.15) is 28.7 Å². The molecule has 0 unspecified atom stereocenters. The lowest BCUT2D eigenvalue weighted by molar-refractivity contribution is 0.102. The Hall–Kier alpha value is -2.40. The molecule has 0 aliphatic carbocycles. The zero-order valence-corrected chi connectivity index (χ0v) is 13.2. The van der Waals surface area contributed by atoms with Gasteiger partial charge in [0.05, 0.1) is 5.69 Å². The van der Waals surface area contributed by atoms with Crippen molar-refractivity contribution in [3.05, 3.63) is 58.8 Å². The zero-order chi connectivity index (χ0) is 15.5. The maximum atomic E-state index is 12.6. The molecule has 0 atom stereocenters. The van der Waals surface area contributed by atoms with Crippen LogP contribution in [0.5, 0.6) is 0 Å². The molecule has 1 aromatic carbocycles. The third-order valence-corrected chi connectivity index (χ3v) is 4.36. The van der Waals surface area contributed by atoms with Crippen LogP contribution in [-0.2, 0) is 6.42 Å². The molecule has 3 aromatic rings. The number of aromatic nitrogens is 1. The Morgan fingerprint density at radius 1 is 1.27 bits per heavy atom. The van der Waals surface area contributed by atoms with Crippen LogP contribution in [0.4, 0.5) is 5.69 Å². The Labute approximate surface area is 132 Å². The Morgan fingerprint density at radius 3 is 2.82 bits per heavy atom. The molecular formula is C17H16N2O2S. The summed E-state index contributed by atoms with van der Waals surface area (Å²) < 4.78 is 5.14. The van der Waals surface area contributed by atoms with E-state index < -0.39 is 0 Å². The van der Waals surface area contributed by atoms with E-state index in [-0.39, 0.29) is 5.91 Å². The Kier molecular flexibility index (Phi) is 4.06. The van der Waals surface area contributed by atoms with E-state index in [1.165, 1.54) is 0 Å². The van der Waals surface area contributed by atoms with Gasteiger partial charge in [0, 0.05) is 16.1 Å². The van der Waals surface area contributed by atoms with Crippen molar-refractivity contribution in [1.82, 2.24) is 5.16 Å². The van der Waals surface area contributed by atoms with E-state index in [0.29, 0.717) is 23.4 Å². The first-order valence-electron chi connectivity index (χ1n) is 7.10. The zero-order valence-electron chi connectivity index (χ0n) is 12.4. The second-order valence-electron chi connectivity index (χ2n) is 4.89. The molecule has 1 amide bonds. The predicted octanol–water partition coefficient (Wildman–Crippen LogP) is 4.53. The number of nitrogens with one attached hydrogen (secondary N) is 1. The average molecular weight is 312 g/mol. The van der Waals surface area contributed by atoms with Gasteiger partial charge in [-0.2, -0.15) is 0 Å². The van der Waals surface area contributed by atoms with Crippen molar-refractivity contribution in [2.24, 2.45) is 0 Å². The highest BCUT2D eigenvalue weighted by Gasteiger charge is 2.20. The Balaban J connectivity index is 1.94. The lowest BCUT2D eigenvalue weighted by Crippen LogP contribution is -2.14. The fraction of sp³-hybridized carbons (Fsp3) is 0.176. The molecule has 2 aromatic heterocycles. The molecule has 0 aliphatic heterocycles. The van der Waals surface area contributed by atoms with Crippen LogP contribution >= 0.6 is 11.3 Å². The number of amides is 1. The fourth-order valence-electron chi connectivity index (χ4n) is 2.37. The van der Waals surface area contributed by atoms with Crippen LogP contribution in [0.2, 0.25) is 0 Å². The van der Waals surface area contributed by atoms with Crippen LogP contribution in [0.3, 0.4) is 0 Å². The second kappa shape index (κ2) is 6.15. The normalized spacial score (nSPS) is 10.6. The Morgan fingerprint density at radius 2 is 2.09 bits per heavy atom. The average Bonchev–Trinajstić information content (AvgIpc) is 3.17. The number of carbonyl (C=O) groups excluding carboxylic acids is 1. The number of aryl methyl sites for hydroxylation is 2. The van der Waals surface area contributed by atoms with Gasteiger partial charge < -0.3 is 9.84 Å². The number of rotatable bonds is 4. The summed E-state index contributed by atoms with van der Waals surface area (Å²) in [6, 6.07) is 11.8. The number of hydrogen-bond donors (Lipinski definition) is 1. The molecule has 3 rings (SSSR count). The van der Waals surface area contributed by atoms with Crippen molar-refractivity contribution in [3.8, 4) is 10.4 Å². The van der Waals surface area contributed by atoms with Crippen molar-refractivity contribution in [2.75, 3.05) is 5.32 Å². The van der Waals surface area contributed by atoms with E-state index in [2.05, 4.69) is 10.5 Å². The van der Waals surface area contributed by atoms with Crippen LogP contribution in [0, 0.1) is 6.92 Å².